The molecule has 0 aliphatic carbocycles. The molecular formula is C21H23N3O4. The number of amides is 1. The smallest absolute Gasteiger partial charge is 0.287 e. The number of hydrogen-bond donors (Lipinski definition) is 3. The lowest BCUT2D eigenvalue weighted by Crippen LogP contribution is -2.35. The molecule has 1 atom stereocenters. The van der Waals surface area contributed by atoms with Crippen molar-refractivity contribution in [2.75, 3.05) is 19.7 Å². The maximum Gasteiger partial charge on any atom is 0.287 e. The summed E-state index contributed by atoms with van der Waals surface area (Å²) in [5.74, 6) is -0.728. The molecular weight excluding hydrogens is 358 g/mol. The number of nitrogens with zero attached hydrogens (tertiary/aromatic N) is 1. The second-order valence-corrected chi connectivity index (χ2v) is 6.12. The van der Waals surface area contributed by atoms with E-state index in [0.717, 1.165) is 5.56 Å². The number of nitriles is 1. The summed E-state index contributed by atoms with van der Waals surface area (Å²) >= 11 is 0. The van der Waals surface area contributed by atoms with E-state index in [1.807, 2.05) is 36.4 Å². The number of Topliss-reactive ketones (excluding diaryl/α,β-unsaturated/α-hetero) is 1. The van der Waals surface area contributed by atoms with Gasteiger partial charge in [-0.05, 0) is 17.7 Å². The Balaban J connectivity index is 1.60. The zero-order chi connectivity index (χ0) is 20.2. The minimum absolute atomic E-state index is 0.0111. The molecule has 2 aromatic rings. The number of aliphatic hydroxyl groups is 1. The normalized spacial score (nSPS) is 11.3. The number of benzene rings is 2. The Labute approximate surface area is 163 Å². The van der Waals surface area contributed by atoms with Crippen LogP contribution in [0.5, 0.6) is 5.75 Å². The van der Waals surface area contributed by atoms with Gasteiger partial charge in [0.05, 0.1) is 5.56 Å². The van der Waals surface area contributed by atoms with Gasteiger partial charge in [-0.3, -0.25) is 9.59 Å². The number of carbonyl (C=O) groups excluding carboxylic acids is 2. The van der Waals surface area contributed by atoms with Crippen LogP contribution in [0.1, 0.15) is 17.5 Å². The Bertz CT molecular complexity index is 818. The second kappa shape index (κ2) is 11.5. The second-order valence-electron chi connectivity index (χ2n) is 6.12. The van der Waals surface area contributed by atoms with Gasteiger partial charge in [-0.25, -0.2) is 0 Å². The van der Waals surface area contributed by atoms with Crippen molar-refractivity contribution in [3.05, 3.63) is 65.7 Å². The van der Waals surface area contributed by atoms with Crippen LogP contribution >= 0.6 is 0 Å². The number of carbonyl (C=O) groups is 2. The van der Waals surface area contributed by atoms with Crippen molar-refractivity contribution in [2.45, 2.75) is 19.1 Å². The Morgan fingerprint density at radius 2 is 1.82 bits per heavy atom. The maximum absolute atomic E-state index is 11.8. The van der Waals surface area contributed by atoms with Crippen LogP contribution < -0.4 is 15.4 Å². The lowest BCUT2D eigenvalue weighted by atomic mass is 10.2. The first-order valence-electron chi connectivity index (χ1n) is 8.96. The summed E-state index contributed by atoms with van der Waals surface area (Å²) in [5, 5.41) is 24.4. The molecule has 0 radical (unpaired) electrons. The molecule has 0 fully saturated rings. The van der Waals surface area contributed by atoms with E-state index in [4.69, 9.17) is 10.00 Å². The van der Waals surface area contributed by atoms with Gasteiger partial charge in [0.25, 0.3) is 5.91 Å². The van der Waals surface area contributed by atoms with Crippen LogP contribution in [0.25, 0.3) is 0 Å². The van der Waals surface area contributed by atoms with Gasteiger partial charge in [-0.2, -0.15) is 5.26 Å². The predicted molar refractivity (Wildman–Crippen MR) is 103 cm³/mol. The highest BCUT2D eigenvalue weighted by molar-refractivity contribution is 6.36. The Morgan fingerprint density at radius 3 is 2.57 bits per heavy atom. The standard InChI is InChI=1S/C21H23N3O4/c22-12-17-8-4-5-9-20(17)28-15-18(25)14-23-11-10-19(26)21(27)24-13-16-6-2-1-3-7-16/h1-9,18,23,25H,10-11,13-15H2,(H,24,27). The van der Waals surface area contributed by atoms with Crippen LogP contribution in [0.3, 0.4) is 0 Å². The summed E-state index contributed by atoms with van der Waals surface area (Å²) in [6.45, 7) is 0.785. The minimum atomic E-state index is -0.811. The predicted octanol–water partition coefficient (Wildman–Crippen LogP) is 1.16. The third kappa shape index (κ3) is 7.19. The van der Waals surface area contributed by atoms with Crippen molar-refractivity contribution in [3.63, 3.8) is 0 Å². The van der Waals surface area contributed by atoms with Crippen molar-refractivity contribution < 1.29 is 19.4 Å². The molecule has 0 spiro atoms. The van der Waals surface area contributed by atoms with Gasteiger partial charge < -0.3 is 20.5 Å². The van der Waals surface area contributed by atoms with Gasteiger partial charge in [-0.1, -0.05) is 42.5 Å². The van der Waals surface area contributed by atoms with Gasteiger partial charge in [0.2, 0.25) is 5.78 Å². The fourth-order valence-corrected chi connectivity index (χ4v) is 2.39. The fraction of sp³-hybridized carbons (Fsp3) is 0.286. The summed E-state index contributed by atoms with van der Waals surface area (Å²) in [5.41, 5.74) is 1.32. The van der Waals surface area contributed by atoms with Gasteiger partial charge in [0.1, 0.15) is 24.5 Å². The summed E-state index contributed by atoms with van der Waals surface area (Å²) < 4.78 is 5.44. The highest BCUT2D eigenvalue weighted by Crippen LogP contribution is 2.16. The van der Waals surface area contributed by atoms with Crippen LogP contribution in [0.15, 0.2) is 54.6 Å². The van der Waals surface area contributed by atoms with E-state index in [-0.39, 0.29) is 26.1 Å². The summed E-state index contributed by atoms with van der Waals surface area (Å²) in [6.07, 6.45) is -0.778. The quantitative estimate of drug-likeness (QED) is 0.398. The van der Waals surface area contributed by atoms with E-state index >= 15 is 0 Å². The van der Waals surface area contributed by atoms with Crippen LogP contribution in [0.2, 0.25) is 0 Å². The van der Waals surface area contributed by atoms with Crippen molar-refractivity contribution in [1.29, 1.82) is 5.26 Å². The molecule has 7 heteroatoms. The molecule has 28 heavy (non-hydrogen) atoms. The highest BCUT2D eigenvalue weighted by atomic mass is 16.5. The number of ketones is 1. The Hall–Kier alpha value is -3.21. The molecule has 0 heterocycles. The number of aliphatic hydroxyl groups excluding tert-OH is 1. The number of nitrogens with one attached hydrogen (secondary N) is 2. The molecule has 1 amide bonds. The zero-order valence-corrected chi connectivity index (χ0v) is 15.4. The first kappa shape index (κ1) is 21.1. The molecule has 0 aliphatic rings. The highest BCUT2D eigenvalue weighted by Gasteiger charge is 2.13. The molecule has 7 nitrogen and oxygen atoms in total. The lowest BCUT2D eigenvalue weighted by molar-refractivity contribution is -0.137. The van der Waals surface area contributed by atoms with Crippen LogP contribution in [0, 0.1) is 11.3 Å². The van der Waals surface area contributed by atoms with Crippen LogP contribution in [-0.2, 0) is 16.1 Å². The van der Waals surface area contributed by atoms with Gasteiger partial charge in [-0.15, -0.1) is 0 Å². The molecule has 146 valence electrons. The number of rotatable bonds is 11. The maximum atomic E-state index is 11.8. The fourth-order valence-electron chi connectivity index (χ4n) is 2.39. The average molecular weight is 381 g/mol. The van der Waals surface area contributed by atoms with E-state index in [2.05, 4.69) is 10.6 Å². The molecule has 0 bridgehead atoms. The molecule has 1 unspecified atom stereocenters. The molecule has 0 aromatic heterocycles. The number of para-hydroxylation sites is 1. The Morgan fingerprint density at radius 1 is 1.11 bits per heavy atom. The first-order valence-corrected chi connectivity index (χ1v) is 8.96. The van der Waals surface area contributed by atoms with Gasteiger partial charge in [0, 0.05) is 26.1 Å². The molecule has 0 saturated heterocycles. The topological polar surface area (TPSA) is 111 Å². The minimum Gasteiger partial charge on any atom is -0.489 e. The zero-order valence-electron chi connectivity index (χ0n) is 15.4. The van der Waals surface area contributed by atoms with Crippen molar-refractivity contribution in [1.82, 2.24) is 10.6 Å². The summed E-state index contributed by atoms with van der Waals surface area (Å²) in [6, 6.07) is 18.1. The van der Waals surface area contributed by atoms with E-state index in [9.17, 15) is 14.7 Å². The van der Waals surface area contributed by atoms with Crippen LogP contribution in [-0.4, -0.2) is 42.6 Å². The summed E-state index contributed by atoms with van der Waals surface area (Å²) in [7, 11) is 0. The third-order valence-electron chi connectivity index (χ3n) is 3.90. The van der Waals surface area contributed by atoms with Crippen LogP contribution in [0.4, 0.5) is 0 Å². The average Bonchev–Trinajstić information content (AvgIpc) is 2.74. The lowest BCUT2D eigenvalue weighted by Gasteiger charge is -2.13. The van der Waals surface area contributed by atoms with Crippen molar-refractivity contribution in [2.24, 2.45) is 0 Å². The molecule has 3 N–H and O–H groups in total. The SMILES string of the molecule is N#Cc1ccccc1OCC(O)CNCCC(=O)C(=O)NCc1ccccc1. The Kier molecular flexibility index (Phi) is 8.66. The molecule has 0 saturated carbocycles. The third-order valence-corrected chi connectivity index (χ3v) is 3.90. The number of hydrogen-bond acceptors (Lipinski definition) is 6. The van der Waals surface area contributed by atoms with E-state index in [1.54, 1.807) is 24.3 Å². The van der Waals surface area contributed by atoms with E-state index < -0.39 is 17.8 Å². The van der Waals surface area contributed by atoms with Crippen molar-refractivity contribution in [3.8, 4) is 11.8 Å². The van der Waals surface area contributed by atoms with E-state index in [1.165, 1.54) is 0 Å². The van der Waals surface area contributed by atoms with Crippen molar-refractivity contribution >= 4 is 11.7 Å². The largest absolute Gasteiger partial charge is 0.489 e. The first-order chi connectivity index (χ1) is 13.6. The monoisotopic (exact) mass is 381 g/mol. The molecule has 0 aliphatic heterocycles. The van der Waals surface area contributed by atoms with Gasteiger partial charge >= 0.3 is 0 Å². The molecule has 2 aromatic carbocycles. The number of ether oxygens (including phenoxy) is 1. The molecule has 2 rings (SSSR count). The van der Waals surface area contributed by atoms with E-state index in [0.29, 0.717) is 17.9 Å². The van der Waals surface area contributed by atoms with Gasteiger partial charge in [0.15, 0.2) is 0 Å². The summed E-state index contributed by atoms with van der Waals surface area (Å²) in [4.78, 5) is 23.6.